The second-order valence-corrected chi connectivity index (χ2v) is 8.95. The van der Waals surface area contributed by atoms with Crippen LogP contribution in [0.25, 0.3) is 11.3 Å². The van der Waals surface area contributed by atoms with Crippen LogP contribution in [0.3, 0.4) is 0 Å². The first kappa shape index (κ1) is 28.0. The lowest BCUT2D eigenvalue weighted by molar-refractivity contribution is -0.149. The van der Waals surface area contributed by atoms with Gasteiger partial charge in [0.1, 0.15) is 6.04 Å². The molecular formula is C28H34F3N5O. The third-order valence-electron chi connectivity index (χ3n) is 5.95. The molecule has 37 heavy (non-hydrogen) atoms. The van der Waals surface area contributed by atoms with E-state index < -0.39 is 18.1 Å². The average Bonchev–Trinajstić information content (AvgIpc) is 2.88. The van der Waals surface area contributed by atoms with Crippen molar-refractivity contribution >= 4 is 23.2 Å². The highest BCUT2D eigenvalue weighted by atomic mass is 19.4. The van der Waals surface area contributed by atoms with Gasteiger partial charge in [-0.3, -0.25) is 4.79 Å². The van der Waals surface area contributed by atoms with Crippen molar-refractivity contribution in [2.75, 3.05) is 23.3 Å². The van der Waals surface area contributed by atoms with E-state index in [1.165, 1.54) is 37.1 Å². The van der Waals surface area contributed by atoms with Crippen LogP contribution in [0.2, 0.25) is 0 Å². The summed E-state index contributed by atoms with van der Waals surface area (Å²) in [7, 11) is 0. The number of rotatable bonds is 12. The Kier molecular flexibility index (Phi) is 9.88. The highest BCUT2D eigenvalue weighted by Crippen LogP contribution is 2.24. The molecule has 3 aromatic rings. The molecule has 1 aromatic heterocycles. The maximum Gasteiger partial charge on any atom is 0.408 e. The van der Waals surface area contributed by atoms with Crippen molar-refractivity contribution in [1.29, 1.82) is 0 Å². The Bertz CT molecular complexity index is 1130. The van der Waals surface area contributed by atoms with Crippen molar-refractivity contribution < 1.29 is 18.0 Å². The lowest BCUT2D eigenvalue weighted by Crippen LogP contribution is -2.43. The maximum absolute atomic E-state index is 12.7. The van der Waals surface area contributed by atoms with Gasteiger partial charge >= 0.3 is 6.18 Å². The normalized spacial score (nSPS) is 12.2. The molecule has 0 fully saturated rings. The summed E-state index contributed by atoms with van der Waals surface area (Å²) in [4.78, 5) is 23.4. The van der Waals surface area contributed by atoms with E-state index in [1.54, 1.807) is 24.4 Å². The number of amides is 1. The highest BCUT2D eigenvalue weighted by Gasteiger charge is 2.37. The summed E-state index contributed by atoms with van der Waals surface area (Å²) >= 11 is 0. The van der Waals surface area contributed by atoms with Gasteiger partial charge in [-0.25, -0.2) is 9.97 Å². The first-order chi connectivity index (χ1) is 17.7. The number of hydrogen-bond donors (Lipinski definition) is 2. The van der Waals surface area contributed by atoms with E-state index in [9.17, 15) is 18.0 Å². The van der Waals surface area contributed by atoms with Crippen molar-refractivity contribution in [2.45, 2.75) is 58.7 Å². The van der Waals surface area contributed by atoms with Gasteiger partial charge in [0, 0.05) is 41.8 Å². The highest BCUT2D eigenvalue weighted by molar-refractivity contribution is 5.94. The summed E-state index contributed by atoms with van der Waals surface area (Å²) < 4.78 is 38.1. The molecule has 0 radical (unpaired) electrons. The number of benzene rings is 2. The fourth-order valence-corrected chi connectivity index (χ4v) is 3.81. The molecule has 6 nitrogen and oxygen atoms in total. The molecule has 9 heteroatoms. The molecule has 0 saturated carbocycles. The van der Waals surface area contributed by atoms with Gasteiger partial charge in [-0.15, -0.1) is 0 Å². The standard InChI is InChI=1S/C28H34F3N5O/c1-4-6-7-19-36(18-5-2)24-14-12-23(13-15-24)34-27-32-17-16-25(35-27)21-8-10-22(11-9-21)26(37)33-20(3)28(29,30)31/h8-17,20H,4-7,18-19H2,1-3H3,(H,33,37)(H,32,34,35). The van der Waals surface area contributed by atoms with Crippen LogP contribution < -0.4 is 15.5 Å². The van der Waals surface area contributed by atoms with E-state index >= 15 is 0 Å². The van der Waals surface area contributed by atoms with Crippen LogP contribution >= 0.6 is 0 Å². The Morgan fingerprint density at radius 3 is 2.27 bits per heavy atom. The van der Waals surface area contributed by atoms with Gasteiger partial charge in [0.05, 0.1) is 5.69 Å². The zero-order valence-electron chi connectivity index (χ0n) is 21.5. The number of aromatic nitrogens is 2. The van der Waals surface area contributed by atoms with Gasteiger partial charge < -0.3 is 15.5 Å². The fraction of sp³-hybridized carbons (Fsp3) is 0.393. The van der Waals surface area contributed by atoms with Crippen LogP contribution in [0.5, 0.6) is 0 Å². The van der Waals surface area contributed by atoms with Crippen molar-refractivity contribution in [2.24, 2.45) is 0 Å². The zero-order chi connectivity index (χ0) is 26.8. The summed E-state index contributed by atoms with van der Waals surface area (Å²) in [6.45, 7) is 7.36. The number of alkyl halides is 3. The van der Waals surface area contributed by atoms with E-state index in [-0.39, 0.29) is 5.56 Å². The van der Waals surface area contributed by atoms with Gasteiger partial charge in [-0.1, -0.05) is 38.8 Å². The van der Waals surface area contributed by atoms with E-state index in [0.717, 1.165) is 32.1 Å². The topological polar surface area (TPSA) is 70.2 Å². The summed E-state index contributed by atoms with van der Waals surface area (Å²) in [5, 5.41) is 5.18. The predicted molar refractivity (Wildman–Crippen MR) is 142 cm³/mol. The molecule has 0 bridgehead atoms. The van der Waals surface area contributed by atoms with Crippen molar-refractivity contribution in [3.63, 3.8) is 0 Å². The molecule has 0 spiro atoms. The molecule has 3 rings (SSSR count). The van der Waals surface area contributed by atoms with Crippen LogP contribution in [-0.4, -0.2) is 41.2 Å². The molecule has 1 heterocycles. The Labute approximate surface area is 216 Å². The summed E-state index contributed by atoms with van der Waals surface area (Å²) in [6, 6.07) is 14.2. The Hall–Kier alpha value is -3.62. The monoisotopic (exact) mass is 513 g/mol. The van der Waals surface area contributed by atoms with Crippen LogP contribution in [-0.2, 0) is 0 Å². The van der Waals surface area contributed by atoms with Crippen LogP contribution in [0.4, 0.5) is 30.5 Å². The van der Waals surface area contributed by atoms with Crippen molar-refractivity contribution in [3.05, 3.63) is 66.4 Å². The third kappa shape index (κ3) is 8.20. The Morgan fingerprint density at radius 2 is 1.65 bits per heavy atom. The van der Waals surface area contributed by atoms with Gasteiger partial charge in [0.2, 0.25) is 5.95 Å². The van der Waals surface area contributed by atoms with Crippen LogP contribution in [0.1, 0.15) is 56.8 Å². The molecule has 1 amide bonds. The lowest BCUT2D eigenvalue weighted by atomic mass is 10.1. The van der Waals surface area contributed by atoms with Gasteiger partial charge in [0.15, 0.2) is 0 Å². The minimum absolute atomic E-state index is 0.138. The van der Waals surface area contributed by atoms with Crippen LogP contribution in [0, 0.1) is 0 Å². The first-order valence-electron chi connectivity index (χ1n) is 12.6. The van der Waals surface area contributed by atoms with Gasteiger partial charge in [-0.2, -0.15) is 13.2 Å². The van der Waals surface area contributed by atoms with Crippen LogP contribution in [0.15, 0.2) is 60.8 Å². The fourth-order valence-electron chi connectivity index (χ4n) is 3.81. The van der Waals surface area contributed by atoms with Gasteiger partial charge in [-0.05, 0) is 62.2 Å². The molecule has 2 N–H and O–H groups in total. The van der Waals surface area contributed by atoms with Crippen molar-refractivity contribution in [1.82, 2.24) is 15.3 Å². The largest absolute Gasteiger partial charge is 0.408 e. The molecule has 0 aliphatic carbocycles. The minimum Gasteiger partial charge on any atom is -0.372 e. The average molecular weight is 514 g/mol. The number of nitrogens with one attached hydrogen (secondary N) is 2. The maximum atomic E-state index is 12.7. The lowest BCUT2D eigenvalue weighted by Gasteiger charge is -2.24. The molecule has 0 saturated heterocycles. The quantitative estimate of drug-likeness (QED) is 0.256. The van der Waals surface area contributed by atoms with Gasteiger partial charge in [0.25, 0.3) is 5.91 Å². The number of unbranched alkanes of at least 4 members (excludes halogenated alkanes) is 2. The number of anilines is 3. The second-order valence-electron chi connectivity index (χ2n) is 8.95. The molecule has 0 aliphatic rings. The number of hydrogen-bond acceptors (Lipinski definition) is 5. The van der Waals surface area contributed by atoms with E-state index in [0.29, 0.717) is 17.2 Å². The summed E-state index contributed by atoms with van der Waals surface area (Å²) in [5.41, 5.74) is 3.51. The summed E-state index contributed by atoms with van der Waals surface area (Å²) in [5.74, 6) is -0.368. The molecule has 198 valence electrons. The van der Waals surface area contributed by atoms with E-state index in [4.69, 9.17) is 0 Å². The molecule has 1 unspecified atom stereocenters. The Balaban J connectivity index is 1.66. The van der Waals surface area contributed by atoms with E-state index in [1.807, 2.05) is 17.4 Å². The number of carbonyl (C=O) groups is 1. The van der Waals surface area contributed by atoms with E-state index in [2.05, 4.69) is 46.2 Å². The Morgan fingerprint density at radius 1 is 0.946 bits per heavy atom. The number of nitrogens with zero attached hydrogens (tertiary/aromatic N) is 3. The zero-order valence-corrected chi connectivity index (χ0v) is 21.5. The first-order valence-corrected chi connectivity index (χ1v) is 12.6. The minimum atomic E-state index is -4.50. The predicted octanol–water partition coefficient (Wildman–Crippen LogP) is 6.97. The second kappa shape index (κ2) is 13.1. The third-order valence-corrected chi connectivity index (χ3v) is 5.95. The smallest absolute Gasteiger partial charge is 0.372 e. The van der Waals surface area contributed by atoms with Crippen molar-refractivity contribution in [3.8, 4) is 11.3 Å². The summed E-state index contributed by atoms with van der Waals surface area (Å²) in [6.07, 6.45) is 1.81. The number of carbonyl (C=O) groups excluding carboxylic acids is 1. The molecule has 1 atom stereocenters. The number of halogens is 3. The SMILES string of the molecule is CCCCCN(CCC)c1ccc(Nc2nccc(-c3ccc(C(=O)NC(C)C(F)(F)F)cc3)n2)cc1. The molecule has 0 aliphatic heterocycles. The molecule has 2 aromatic carbocycles. The molecular weight excluding hydrogens is 479 g/mol.